The number of ether oxygens (including phenoxy) is 2. The first-order valence-corrected chi connectivity index (χ1v) is 9.37. The number of Topliss-reactive ketones (excluding diaryl/α,β-unsaturated/α-hetero) is 1. The number of amides is 2. The van der Waals surface area contributed by atoms with Crippen LogP contribution in [0.15, 0.2) is 18.2 Å². The molecule has 0 radical (unpaired) electrons. The van der Waals surface area contributed by atoms with Crippen LogP contribution in [0.25, 0.3) is 0 Å². The molecule has 3 saturated heterocycles. The fraction of sp³-hybridized carbons (Fsp3) is 0.600. The van der Waals surface area contributed by atoms with Crippen LogP contribution in [0.1, 0.15) is 29.9 Å². The van der Waals surface area contributed by atoms with Gasteiger partial charge in [-0.05, 0) is 30.5 Å². The molecule has 3 aliphatic rings. The monoisotopic (exact) mass is 358 g/mol. The van der Waals surface area contributed by atoms with Crippen molar-refractivity contribution in [2.75, 3.05) is 39.9 Å². The molecule has 0 aliphatic carbocycles. The van der Waals surface area contributed by atoms with Gasteiger partial charge in [0.1, 0.15) is 12.4 Å². The first-order chi connectivity index (χ1) is 12.5. The quantitative estimate of drug-likeness (QED) is 0.813. The predicted octanol–water partition coefficient (Wildman–Crippen LogP) is 2.20. The van der Waals surface area contributed by atoms with Gasteiger partial charge in [0.2, 0.25) is 0 Å². The number of rotatable bonds is 2. The second-order valence-corrected chi connectivity index (χ2v) is 7.70. The zero-order valence-corrected chi connectivity index (χ0v) is 15.4. The summed E-state index contributed by atoms with van der Waals surface area (Å²) in [6.07, 6.45) is 1.51. The summed E-state index contributed by atoms with van der Waals surface area (Å²) in [6, 6.07) is 6.37. The van der Waals surface area contributed by atoms with Gasteiger partial charge in [-0.3, -0.25) is 4.79 Å². The van der Waals surface area contributed by atoms with E-state index < -0.39 is 0 Å². The highest BCUT2D eigenvalue weighted by molar-refractivity contribution is 5.81. The Bertz CT molecular complexity index is 714. The van der Waals surface area contributed by atoms with Crippen LogP contribution in [0.5, 0.6) is 5.75 Å². The minimum atomic E-state index is 0.0943. The van der Waals surface area contributed by atoms with E-state index in [-0.39, 0.29) is 30.4 Å². The predicted molar refractivity (Wildman–Crippen MR) is 96.5 cm³/mol. The second kappa shape index (κ2) is 6.91. The smallest absolute Gasteiger partial charge is 0.320 e. The van der Waals surface area contributed by atoms with Gasteiger partial charge < -0.3 is 19.3 Å². The fourth-order valence-electron chi connectivity index (χ4n) is 4.29. The number of ketones is 1. The van der Waals surface area contributed by atoms with Crippen LogP contribution >= 0.6 is 0 Å². The number of likely N-dealkylation sites (tertiary alicyclic amines) is 2. The fourth-order valence-corrected chi connectivity index (χ4v) is 4.29. The molecule has 1 aromatic rings. The van der Waals surface area contributed by atoms with Crippen molar-refractivity contribution < 1.29 is 19.1 Å². The average molecular weight is 358 g/mol. The van der Waals surface area contributed by atoms with Gasteiger partial charge in [0.15, 0.2) is 5.78 Å². The van der Waals surface area contributed by atoms with Crippen LogP contribution in [0.3, 0.4) is 0 Å². The number of benzene rings is 1. The van der Waals surface area contributed by atoms with Gasteiger partial charge in [-0.15, -0.1) is 0 Å². The lowest BCUT2D eigenvalue weighted by molar-refractivity contribution is -0.140. The maximum Gasteiger partial charge on any atom is 0.320 e. The van der Waals surface area contributed by atoms with Gasteiger partial charge >= 0.3 is 6.03 Å². The van der Waals surface area contributed by atoms with Crippen molar-refractivity contribution in [2.45, 2.75) is 31.8 Å². The number of hydrogen-bond acceptors (Lipinski definition) is 4. The van der Waals surface area contributed by atoms with E-state index in [0.717, 1.165) is 30.8 Å². The summed E-state index contributed by atoms with van der Waals surface area (Å²) in [5.41, 5.74) is 2.34. The molecule has 3 aliphatic heterocycles. The maximum absolute atomic E-state index is 12.8. The van der Waals surface area contributed by atoms with Gasteiger partial charge in [0.05, 0.1) is 13.2 Å². The van der Waals surface area contributed by atoms with Crippen LogP contribution < -0.4 is 4.74 Å². The normalized spacial score (nSPS) is 26.3. The molecular weight excluding hydrogens is 332 g/mol. The zero-order chi connectivity index (χ0) is 18.3. The number of fused-ring (bicyclic) bond motifs is 1. The molecule has 6 nitrogen and oxygen atoms in total. The number of carbonyl (C=O) groups excluding carboxylic acids is 2. The lowest BCUT2D eigenvalue weighted by atomic mass is 9.87. The lowest BCUT2D eigenvalue weighted by Gasteiger charge is -2.46. The first-order valence-electron chi connectivity index (χ1n) is 9.37. The third-order valence-electron chi connectivity index (χ3n) is 5.94. The highest BCUT2D eigenvalue weighted by Crippen LogP contribution is 2.33. The molecule has 1 aromatic carbocycles. The summed E-state index contributed by atoms with van der Waals surface area (Å²) in [5, 5.41) is 0. The van der Waals surface area contributed by atoms with E-state index in [1.54, 1.807) is 7.11 Å². The Balaban J connectivity index is 1.34. The highest BCUT2D eigenvalue weighted by atomic mass is 16.5. The Morgan fingerprint density at radius 2 is 2.04 bits per heavy atom. The van der Waals surface area contributed by atoms with E-state index in [2.05, 4.69) is 18.2 Å². The zero-order valence-electron chi connectivity index (χ0n) is 15.4. The van der Waals surface area contributed by atoms with Crippen molar-refractivity contribution in [3.8, 4) is 5.75 Å². The minimum Gasteiger partial charge on any atom is -0.496 e. The first kappa shape index (κ1) is 17.3. The van der Waals surface area contributed by atoms with Crippen LogP contribution in [0.2, 0.25) is 0 Å². The molecule has 3 heterocycles. The number of urea groups is 1. The minimum absolute atomic E-state index is 0.0943. The molecule has 0 unspecified atom stereocenters. The molecule has 0 bridgehead atoms. The van der Waals surface area contributed by atoms with E-state index in [1.807, 2.05) is 16.7 Å². The maximum atomic E-state index is 12.8. The van der Waals surface area contributed by atoms with Crippen LogP contribution in [0, 0.1) is 12.8 Å². The highest BCUT2D eigenvalue weighted by Gasteiger charge is 2.40. The van der Waals surface area contributed by atoms with Crippen molar-refractivity contribution in [3.63, 3.8) is 0 Å². The summed E-state index contributed by atoms with van der Waals surface area (Å²) in [6.45, 7) is 5.10. The SMILES string of the molecule is COc1cc(C2CN(C(=O)N3CC[C@@H]4OCC(=O)C[C@@H]4C3)C2)ccc1C. The number of carbonyl (C=O) groups is 2. The molecule has 0 spiro atoms. The van der Waals surface area contributed by atoms with E-state index in [9.17, 15) is 9.59 Å². The van der Waals surface area contributed by atoms with Crippen LogP contribution in [-0.4, -0.2) is 67.6 Å². The van der Waals surface area contributed by atoms with Gasteiger partial charge in [-0.2, -0.15) is 0 Å². The van der Waals surface area contributed by atoms with Gasteiger partial charge in [-0.25, -0.2) is 4.79 Å². The standard InChI is InChI=1S/C20H26N2O4/c1-13-3-4-14(8-19(13)25-2)16-10-22(11-16)20(24)21-6-5-18-15(9-21)7-17(23)12-26-18/h3-4,8,15-16,18H,5-7,9-12H2,1-2H3/t15-,18+/m1/s1. The summed E-state index contributed by atoms with van der Waals surface area (Å²) in [5.74, 6) is 1.58. The van der Waals surface area contributed by atoms with Gasteiger partial charge in [0.25, 0.3) is 0 Å². The molecule has 0 saturated carbocycles. The Labute approximate surface area is 154 Å². The molecule has 3 fully saturated rings. The molecule has 140 valence electrons. The number of hydrogen-bond donors (Lipinski definition) is 0. The number of methoxy groups -OCH3 is 1. The lowest BCUT2D eigenvalue weighted by Crippen LogP contribution is -2.58. The molecule has 0 N–H and O–H groups in total. The number of piperidine rings is 1. The van der Waals surface area contributed by atoms with Crippen molar-refractivity contribution in [1.82, 2.24) is 9.80 Å². The molecular formula is C20H26N2O4. The largest absolute Gasteiger partial charge is 0.496 e. The van der Waals surface area contributed by atoms with Crippen molar-refractivity contribution in [2.24, 2.45) is 5.92 Å². The Hall–Kier alpha value is -2.08. The molecule has 0 aromatic heterocycles. The Morgan fingerprint density at radius 1 is 1.23 bits per heavy atom. The van der Waals surface area contributed by atoms with Crippen LogP contribution in [-0.2, 0) is 9.53 Å². The molecule has 4 rings (SSSR count). The molecule has 2 atom stereocenters. The third-order valence-corrected chi connectivity index (χ3v) is 5.94. The summed E-state index contributed by atoms with van der Waals surface area (Å²) in [7, 11) is 1.69. The van der Waals surface area contributed by atoms with Crippen molar-refractivity contribution in [1.29, 1.82) is 0 Å². The summed E-state index contributed by atoms with van der Waals surface area (Å²) < 4.78 is 11.0. The molecule has 6 heteroatoms. The van der Waals surface area contributed by atoms with E-state index in [1.165, 1.54) is 5.56 Å². The van der Waals surface area contributed by atoms with Crippen LogP contribution in [0.4, 0.5) is 4.79 Å². The summed E-state index contributed by atoms with van der Waals surface area (Å²) >= 11 is 0. The van der Waals surface area contributed by atoms with E-state index in [0.29, 0.717) is 25.4 Å². The number of nitrogens with zero attached hydrogens (tertiary/aromatic N) is 2. The third kappa shape index (κ3) is 3.18. The summed E-state index contributed by atoms with van der Waals surface area (Å²) in [4.78, 5) is 28.2. The van der Waals surface area contributed by atoms with E-state index in [4.69, 9.17) is 9.47 Å². The Kier molecular flexibility index (Phi) is 4.61. The van der Waals surface area contributed by atoms with E-state index >= 15 is 0 Å². The molecule has 2 amide bonds. The topological polar surface area (TPSA) is 59.1 Å². The second-order valence-electron chi connectivity index (χ2n) is 7.70. The molecule has 26 heavy (non-hydrogen) atoms. The van der Waals surface area contributed by atoms with Gasteiger partial charge in [0, 0.05) is 44.4 Å². The average Bonchev–Trinajstić information content (AvgIpc) is 2.61. The van der Waals surface area contributed by atoms with Gasteiger partial charge in [-0.1, -0.05) is 12.1 Å². The number of aryl methyl sites for hydroxylation is 1. The Morgan fingerprint density at radius 3 is 2.81 bits per heavy atom. The van der Waals surface area contributed by atoms with Crippen molar-refractivity contribution >= 4 is 11.8 Å². The van der Waals surface area contributed by atoms with Crippen molar-refractivity contribution in [3.05, 3.63) is 29.3 Å².